The maximum absolute atomic E-state index is 13.3. The molecule has 0 bridgehead atoms. The van der Waals surface area contributed by atoms with Crippen LogP contribution in [0, 0.1) is 12.7 Å². The van der Waals surface area contributed by atoms with Gasteiger partial charge in [-0.25, -0.2) is 4.39 Å². The number of ether oxygens (including phenoxy) is 1. The summed E-state index contributed by atoms with van der Waals surface area (Å²) < 4.78 is 18.7. The molecule has 2 aromatic rings. The summed E-state index contributed by atoms with van der Waals surface area (Å²) in [6.07, 6.45) is 0. The number of hydrogen-bond donors (Lipinski definition) is 1. The molecule has 0 radical (unpaired) electrons. The van der Waals surface area contributed by atoms with E-state index < -0.39 is 0 Å². The van der Waals surface area contributed by atoms with Gasteiger partial charge < -0.3 is 10.1 Å². The Bertz CT molecular complexity index is 658. The third kappa shape index (κ3) is 3.17. The maximum atomic E-state index is 13.3. The van der Waals surface area contributed by atoms with Crippen LogP contribution in [0.2, 0.25) is 0 Å². The van der Waals surface area contributed by atoms with E-state index in [9.17, 15) is 9.18 Å². The van der Waals surface area contributed by atoms with E-state index in [0.29, 0.717) is 27.0 Å². The van der Waals surface area contributed by atoms with E-state index in [1.165, 1.54) is 13.2 Å². The lowest BCUT2D eigenvalue weighted by Crippen LogP contribution is -2.13. The molecule has 0 aliphatic heterocycles. The molecule has 0 spiro atoms. The van der Waals surface area contributed by atoms with Gasteiger partial charge in [0.1, 0.15) is 11.6 Å². The highest BCUT2D eigenvalue weighted by atomic mass is 79.9. The monoisotopic (exact) mass is 337 g/mol. The van der Waals surface area contributed by atoms with E-state index in [0.717, 1.165) is 0 Å². The number of nitrogens with one attached hydrogen (secondary N) is 1. The SMILES string of the molecule is COc1cccc(C(=O)Nc2cc(Br)c(F)cc2C)c1. The fourth-order valence-electron chi connectivity index (χ4n) is 1.74. The largest absolute Gasteiger partial charge is 0.497 e. The third-order valence-electron chi connectivity index (χ3n) is 2.85. The normalized spacial score (nSPS) is 10.2. The van der Waals surface area contributed by atoms with Gasteiger partial charge in [-0.05, 0) is 58.7 Å². The fourth-order valence-corrected chi connectivity index (χ4v) is 2.08. The molecule has 0 aliphatic carbocycles. The highest BCUT2D eigenvalue weighted by Crippen LogP contribution is 2.25. The molecule has 1 amide bonds. The second kappa shape index (κ2) is 6.05. The zero-order valence-corrected chi connectivity index (χ0v) is 12.6. The minimum Gasteiger partial charge on any atom is -0.497 e. The Morgan fingerprint density at radius 1 is 1.30 bits per heavy atom. The van der Waals surface area contributed by atoms with Crippen LogP contribution in [0.4, 0.5) is 10.1 Å². The number of benzene rings is 2. The van der Waals surface area contributed by atoms with E-state index >= 15 is 0 Å². The molecule has 0 atom stereocenters. The van der Waals surface area contributed by atoms with Gasteiger partial charge in [-0.15, -0.1) is 0 Å². The van der Waals surface area contributed by atoms with Gasteiger partial charge in [-0.2, -0.15) is 0 Å². The summed E-state index contributed by atoms with van der Waals surface area (Å²) in [7, 11) is 1.54. The first kappa shape index (κ1) is 14.5. The summed E-state index contributed by atoms with van der Waals surface area (Å²) in [4.78, 5) is 12.2. The molecular formula is C15H13BrFNO2. The van der Waals surface area contributed by atoms with Gasteiger partial charge in [0.05, 0.1) is 11.6 Å². The van der Waals surface area contributed by atoms with E-state index in [-0.39, 0.29) is 11.7 Å². The lowest BCUT2D eigenvalue weighted by molar-refractivity contribution is 0.102. The summed E-state index contributed by atoms with van der Waals surface area (Å²) in [6.45, 7) is 1.73. The highest BCUT2D eigenvalue weighted by Gasteiger charge is 2.11. The van der Waals surface area contributed by atoms with Crippen molar-refractivity contribution in [1.82, 2.24) is 0 Å². The van der Waals surface area contributed by atoms with Gasteiger partial charge in [-0.3, -0.25) is 4.79 Å². The van der Waals surface area contributed by atoms with Crippen LogP contribution in [-0.4, -0.2) is 13.0 Å². The van der Waals surface area contributed by atoms with Gasteiger partial charge in [0.2, 0.25) is 0 Å². The summed E-state index contributed by atoms with van der Waals surface area (Å²) in [6, 6.07) is 9.74. The molecule has 20 heavy (non-hydrogen) atoms. The Labute approximate surface area is 124 Å². The van der Waals surface area contributed by atoms with E-state index in [1.807, 2.05) is 0 Å². The topological polar surface area (TPSA) is 38.3 Å². The summed E-state index contributed by atoms with van der Waals surface area (Å²) >= 11 is 3.10. The number of hydrogen-bond acceptors (Lipinski definition) is 2. The highest BCUT2D eigenvalue weighted by molar-refractivity contribution is 9.10. The zero-order chi connectivity index (χ0) is 14.7. The molecule has 0 heterocycles. The van der Waals surface area contributed by atoms with Gasteiger partial charge in [-0.1, -0.05) is 6.07 Å². The van der Waals surface area contributed by atoms with E-state index in [1.54, 1.807) is 37.3 Å². The first-order valence-corrected chi connectivity index (χ1v) is 6.71. The Balaban J connectivity index is 2.25. The second-order valence-corrected chi connectivity index (χ2v) is 5.12. The average molecular weight is 338 g/mol. The van der Waals surface area contributed by atoms with Gasteiger partial charge in [0.15, 0.2) is 0 Å². The van der Waals surface area contributed by atoms with Crippen molar-refractivity contribution in [1.29, 1.82) is 0 Å². The van der Waals surface area contributed by atoms with Crippen LogP contribution >= 0.6 is 15.9 Å². The van der Waals surface area contributed by atoms with Crippen molar-refractivity contribution >= 4 is 27.5 Å². The zero-order valence-electron chi connectivity index (χ0n) is 11.0. The second-order valence-electron chi connectivity index (χ2n) is 4.27. The molecule has 0 unspecified atom stereocenters. The Morgan fingerprint density at radius 2 is 2.05 bits per heavy atom. The van der Waals surface area contributed by atoms with Gasteiger partial charge >= 0.3 is 0 Å². The smallest absolute Gasteiger partial charge is 0.255 e. The number of anilines is 1. The van der Waals surface area contributed by atoms with Crippen molar-refractivity contribution in [3.63, 3.8) is 0 Å². The number of aryl methyl sites for hydroxylation is 1. The Morgan fingerprint density at radius 3 is 2.75 bits per heavy atom. The van der Waals surface area contributed by atoms with Crippen LogP contribution in [0.25, 0.3) is 0 Å². The van der Waals surface area contributed by atoms with Crippen molar-refractivity contribution in [3.05, 3.63) is 57.8 Å². The summed E-state index contributed by atoms with van der Waals surface area (Å²) in [5.41, 5.74) is 1.69. The molecule has 0 saturated carbocycles. The lowest BCUT2D eigenvalue weighted by Gasteiger charge is -2.10. The third-order valence-corrected chi connectivity index (χ3v) is 3.46. The molecule has 2 rings (SSSR count). The Hall–Kier alpha value is -1.88. The van der Waals surface area contributed by atoms with Crippen molar-refractivity contribution < 1.29 is 13.9 Å². The molecule has 2 aromatic carbocycles. The van der Waals surface area contributed by atoms with Gasteiger partial charge in [0, 0.05) is 11.3 Å². The van der Waals surface area contributed by atoms with E-state index in [4.69, 9.17) is 4.74 Å². The molecule has 0 aromatic heterocycles. The van der Waals surface area contributed by atoms with Gasteiger partial charge in [0.25, 0.3) is 5.91 Å². The molecular weight excluding hydrogens is 325 g/mol. The molecule has 3 nitrogen and oxygen atoms in total. The minimum atomic E-state index is -0.359. The molecule has 104 valence electrons. The van der Waals surface area contributed by atoms with Crippen LogP contribution in [0.15, 0.2) is 40.9 Å². The molecule has 0 aliphatic rings. The van der Waals surface area contributed by atoms with Crippen molar-refractivity contribution in [3.8, 4) is 5.75 Å². The van der Waals surface area contributed by atoms with Crippen LogP contribution < -0.4 is 10.1 Å². The van der Waals surface area contributed by atoms with Crippen LogP contribution in [0.3, 0.4) is 0 Å². The maximum Gasteiger partial charge on any atom is 0.255 e. The molecule has 1 N–H and O–H groups in total. The quantitative estimate of drug-likeness (QED) is 0.913. The van der Waals surface area contributed by atoms with Crippen molar-refractivity contribution in [2.75, 3.05) is 12.4 Å². The van der Waals surface area contributed by atoms with Crippen LogP contribution in [0.5, 0.6) is 5.75 Å². The number of amides is 1. The predicted octanol–water partition coefficient (Wildman–Crippen LogP) is 4.16. The number of rotatable bonds is 3. The van der Waals surface area contributed by atoms with Crippen LogP contribution in [-0.2, 0) is 0 Å². The molecule has 5 heteroatoms. The number of carbonyl (C=O) groups is 1. The summed E-state index contributed by atoms with van der Waals surface area (Å²) in [5, 5.41) is 2.75. The lowest BCUT2D eigenvalue weighted by atomic mass is 10.1. The number of halogens is 2. The first-order chi connectivity index (χ1) is 9.51. The predicted molar refractivity (Wildman–Crippen MR) is 79.8 cm³/mol. The van der Waals surface area contributed by atoms with Crippen molar-refractivity contribution in [2.45, 2.75) is 6.92 Å². The molecule has 0 fully saturated rings. The standard InChI is InChI=1S/C15H13BrFNO2/c1-9-6-13(17)12(16)8-14(9)18-15(19)10-4-3-5-11(7-10)20-2/h3-8H,1-2H3,(H,18,19). The Kier molecular flexibility index (Phi) is 4.39. The van der Waals surface area contributed by atoms with E-state index in [2.05, 4.69) is 21.2 Å². The minimum absolute atomic E-state index is 0.273. The number of carbonyl (C=O) groups excluding carboxylic acids is 1. The molecule has 0 saturated heterocycles. The van der Waals surface area contributed by atoms with Crippen molar-refractivity contribution in [2.24, 2.45) is 0 Å². The van der Waals surface area contributed by atoms with Crippen LogP contribution in [0.1, 0.15) is 15.9 Å². The summed E-state index contributed by atoms with van der Waals surface area (Å²) in [5.74, 6) is -0.0259. The first-order valence-electron chi connectivity index (χ1n) is 5.92. The fraction of sp³-hybridized carbons (Fsp3) is 0.133. The number of methoxy groups -OCH3 is 1. The average Bonchev–Trinajstić information content (AvgIpc) is 2.44.